The molecule has 0 bridgehead atoms. The molecule has 88 valence electrons. The predicted octanol–water partition coefficient (Wildman–Crippen LogP) is 2.88. The first-order valence-electron chi connectivity index (χ1n) is 5.65. The van der Waals surface area contributed by atoms with Crippen LogP contribution in [0.25, 0.3) is 11.6 Å². The van der Waals surface area contributed by atoms with Gasteiger partial charge in [0.2, 0.25) is 0 Å². The number of phenols is 1. The lowest BCUT2D eigenvalue weighted by atomic mass is 10.0. The van der Waals surface area contributed by atoms with Crippen LogP contribution in [-0.4, -0.2) is 11.0 Å². The Kier molecular flexibility index (Phi) is 2.38. The third-order valence-corrected chi connectivity index (χ3v) is 2.91. The first kappa shape index (κ1) is 10.6. The molecule has 18 heavy (non-hydrogen) atoms. The van der Waals surface area contributed by atoms with E-state index in [1.54, 1.807) is 24.3 Å². The maximum Gasteiger partial charge on any atom is 0.256 e. The van der Waals surface area contributed by atoms with E-state index < -0.39 is 0 Å². The summed E-state index contributed by atoms with van der Waals surface area (Å²) in [6.07, 6.45) is 1.82. The Morgan fingerprint density at radius 2 is 1.72 bits per heavy atom. The second-order valence-corrected chi connectivity index (χ2v) is 4.15. The van der Waals surface area contributed by atoms with Crippen molar-refractivity contribution < 1.29 is 9.90 Å². The highest BCUT2D eigenvalue weighted by Gasteiger charge is 2.22. The minimum Gasteiger partial charge on any atom is -0.508 e. The van der Waals surface area contributed by atoms with Gasteiger partial charge < -0.3 is 10.4 Å². The van der Waals surface area contributed by atoms with Crippen molar-refractivity contribution in [3.05, 3.63) is 59.7 Å². The minimum atomic E-state index is -0.0933. The number of para-hydroxylation sites is 1. The van der Waals surface area contributed by atoms with Crippen LogP contribution in [0.15, 0.2) is 48.5 Å². The van der Waals surface area contributed by atoms with E-state index in [4.69, 9.17) is 0 Å². The highest BCUT2D eigenvalue weighted by molar-refractivity contribution is 6.34. The van der Waals surface area contributed by atoms with Crippen molar-refractivity contribution in [2.24, 2.45) is 0 Å². The molecule has 3 rings (SSSR count). The molecule has 0 saturated heterocycles. The molecule has 3 nitrogen and oxygen atoms in total. The molecule has 0 atom stereocenters. The number of fused-ring (bicyclic) bond motifs is 1. The highest BCUT2D eigenvalue weighted by atomic mass is 16.3. The Morgan fingerprint density at radius 3 is 2.50 bits per heavy atom. The average Bonchev–Trinajstić information content (AvgIpc) is 2.69. The van der Waals surface area contributed by atoms with Crippen molar-refractivity contribution in [1.29, 1.82) is 0 Å². The Balaban J connectivity index is 2.07. The maximum atomic E-state index is 11.9. The van der Waals surface area contributed by atoms with Crippen LogP contribution in [0.5, 0.6) is 5.75 Å². The normalized spacial score (nSPS) is 15.6. The van der Waals surface area contributed by atoms with Gasteiger partial charge in [0.15, 0.2) is 0 Å². The van der Waals surface area contributed by atoms with Gasteiger partial charge in [-0.15, -0.1) is 0 Å². The van der Waals surface area contributed by atoms with E-state index >= 15 is 0 Å². The Morgan fingerprint density at radius 1 is 1.00 bits per heavy atom. The van der Waals surface area contributed by atoms with E-state index in [1.165, 1.54) is 0 Å². The summed E-state index contributed by atoms with van der Waals surface area (Å²) in [5, 5.41) is 12.0. The number of rotatable bonds is 1. The van der Waals surface area contributed by atoms with Crippen molar-refractivity contribution in [2.45, 2.75) is 0 Å². The molecule has 0 unspecified atom stereocenters. The molecule has 2 aromatic carbocycles. The Labute approximate surface area is 104 Å². The number of amides is 1. The van der Waals surface area contributed by atoms with Gasteiger partial charge in [0.05, 0.1) is 0 Å². The second-order valence-electron chi connectivity index (χ2n) is 4.15. The second kappa shape index (κ2) is 4.04. The van der Waals surface area contributed by atoms with Crippen LogP contribution in [0.1, 0.15) is 11.1 Å². The van der Waals surface area contributed by atoms with E-state index in [0.717, 1.165) is 16.8 Å². The lowest BCUT2D eigenvalue weighted by Crippen LogP contribution is -2.03. The molecule has 0 radical (unpaired) electrons. The van der Waals surface area contributed by atoms with Gasteiger partial charge in [-0.25, -0.2) is 0 Å². The molecule has 2 N–H and O–H groups in total. The fourth-order valence-corrected chi connectivity index (χ4v) is 2.02. The van der Waals surface area contributed by atoms with Gasteiger partial charge in [0.25, 0.3) is 5.91 Å². The molecule has 2 aromatic rings. The molecule has 0 saturated carbocycles. The van der Waals surface area contributed by atoms with Crippen LogP contribution < -0.4 is 5.32 Å². The van der Waals surface area contributed by atoms with E-state index in [-0.39, 0.29) is 11.7 Å². The fourth-order valence-electron chi connectivity index (χ4n) is 2.02. The lowest BCUT2D eigenvalue weighted by Gasteiger charge is -1.98. The summed E-state index contributed by atoms with van der Waals surface area (Å²) in [7, 11) is 0. The fraction of sp³-hybridized carbons (Fsp3) is 0. The van der Waals surface area contributed by atoms with Crippen LogP contribution in [-0.2, 0) is 4.79 Å². The summed E-state index contributed by atoms with van der Waals surface area (Å²) in [4.78, 5) is 11.9. The van der Waals surface area contributed by atoms with Crippen molar-refractivity contribution in [2.75, 3.05) is 5.32 Å². The van der Waals surface area contributed by atoms with Crippen molar-refractivity contribution in [1.82, 2.24) is 0 Å². The van der Waals surface area contributed by atoms with Crippen molar-refractivity contribution in [3.8, 4) is 5.75 Å². The summed E-state index contributed by atoms with van der Waals surface area (Å²) >= 11 is 0. The van der Waals surface area contributed by atoms with Crippen LogP contribution in [0.4, 0.5) is 5.69 Å². The Bertz CT molecular complexity index is 642. The number of benzene rings is 2. The quantitative estimate of drug-likeness (QED) is 0.749. The number of carbonyl (C=O) groups excluding carboxylic acids is 1. The molecule has 1 aliphatic heterocycles. The van der Waals surface area contributed by atoms with E-state index in [0.29, 0.717) is 5.57 Å². The standard InChI is InChI=1S/C15H11NO2/c17-11-7-5-10(6-8-11)9-13-12-3-1-2-4-14(12)16-15(13)18/h1-9,17H,(H,16,18). The lowest BCUT2D eigenvalue weighted by molar-refractivity contribution is -0.110. The number of hydrogen-bond donors (Lipinski definition) is 2. The number of anilines is 1. The van der Waals surface area contributed by atoms with Gasteiger partial charge in [-0.2, -0.15) is 0 Å². The number of aromatic hydroxyl groups is 1. The monoisotopic (exact) mass is 237 g/mol. The van der Waals surface area contributed by atoms with Crippen molar-refractivity contribution >= 4 is 23.2 Å². The summed E-state index contributed by atoms with van der Waals surface area (Å²) in [5.41, 5.74) is 3.29. The van der Waals surface area contributed by atoms with Gasteiger partial charge in [0.1, 0.15) is 5.75 Å². The molecular formula is C15H11NO2. The molecule has 1 aliphatic rings. The van der Waals surface area contributed by atoms with Gasteiger partial charge >= 0.3 is 0 Å². The van der Waals surface area contributed by atoms with Gasteiger partial charge in [-0.1, -0.05) is 30.3 Å². The van der Waals surface area contributed by atoms with Crippen molar-refractivity contribution in [3.63, 3.8) is 0 Å². The predicted molar refractivity (Wildman–Crippen MR) is 71.0 cm³/mol. The van der Waals surface area contributed by atoms with Crippen LogP contribution in [0.2, 0.25) is 0 Å². The zero-order valence-electron chi connectivity index (χ0n) is 9.55. The topological polar surface area (TPSA) is 49.3 Å². The Hall–Kier alpha value is -2.55. The molecule has 0 fully saturated rings. The molecule has 3 heteroatoms. The van der Waals surface area contributed by atoms with Crippen LogP contribution >= 0.6 is 0 Å². The molecule has 0 aliphatic carbocycles. The van der Waals surface area contributed by atoms with E-state index in [9.17, 15) is 9.90 Å². The average molecular weight is 237 g/mol. The summed E-state index contributed by atoms with van der Waals surface area (Å²) in [5.74, 6) is 0.123. The summed E-state index contributed by atoms with van der Waals surface area (Å²) in [6.45, 7) is 0. The van der Waals surface area contributed by atoms with Gasteiger partial charge in [-0.3, -0.25) is 4.79 Å². The van der Waals surface area contributed by atoms with E-state index in [2.05, 4.69) is 5.32 Å². The molecule has 0 aromatic heterocycles. The minimum absolute atomic E-state index is 0.0933. The summed E-state index contributed by atoms with van der Waals surface area (Å²) in [6, 6.07) is 14.3. The smallest absolute Gasteiger partial charge is 0.256 e. The molecule has 1 amide bonds. The molecular weight excluding hydrogens is 226 g/mol. The van der Waals surface area contributed by atoms with Crippen LogP contribution in [0.3, 0.4) is 0 Å². The molecule has 1 heterocycles. The first-order valence-corrected chi connectivity index (χ1v) is 5.65. The first-order chi connectivity index (χ1) is 8.74. The zero-order valence-corrected chi connectivity index (χ0v) is 9.55. The maximum absolute atomic E-state index is 11.9. The number of hydrogen-bond acceptors (Lipinski definition) is 2. The molecule has 0 spiro atoms. The van der Waals surface area contributed by atoms with Gasteiger partial charge in [0, 0.05) is 16.8 Å². The van der Waals surface area contributed by atoms with Gasteiger partial charge in [-0.05, 0) is 29.8 Å². The SMILES string of the molecule is O=C1Nc2ccccc2C1=Cc1ccc(O)cc1. The number of phenolic OH excluding ortho intramolecular Hbond substituents is 1. The zero-order chi connectivity index (χ0) is 12.5. The summed E-state index contributed by atoms with van der Waals surface area (Å²) < 4.78 is 0. The largest absolute Gasteiger partial charge is 0.508 e. The number of carbonyl (C=O) groups is 1. The number of nitrogens with one attached hydrogen (secondary N) is 1. The third kappa shape index (κ3) is 1.76. The third-order valence-electron chi connectivity index (χ3n) is 2.91. The van der Waals surface area contributed by atoms with Crippen LogP contribution in [0, 0.1) is 0 Å². The van der Waals surface area contributed by atoms with E-state index in [1.807, 2.05) is 30.3 Å². The highest BCUT2D eigenvalue weighted by Crippen LogP contribution is 2.32.